The minimum atomic E-state index is -0.395. The molecule has 1 saturated heterocycles. The molecule has 3 heterocycles. The first kappa shape index (κ1) is 20.6. The van der Waals surface area contributed by atoms with E-state index < -0.39 is 5.91 Å². The number of nitrogens with two attached hydrogens (primary N) is 1. The van der Waals surface area contributed by atoms with Gasteiger partial charge in [-0.25, -0.2) is 9.97 Å². The van der Waals surface area contributed by atoms with E-state index in [1.807, 2.05) is 48.5 Å². The van der Waals surface area contributed by atoms with Crippen molar-refractivity contribution in [1.29, 1.82) is 0 Å². The van der Waals surface area contributed by atoms with E-state index in [1.165, 1.54) is 0 Å². The van der Waals surface area contributed by atoms with Crippen molar-refractivity contribution < 1.29 is 9.53 Å². The maximum absolute atomic E-state index is 11.5. The van der Waals surface area contributed by atoms with Crippen molar-refractivity contribution >= 4 is 28.9 Å². The van der Waals surface area contributed by atoms with Crippen LogP contribution in [0.4, 0.5) is 23.0 Å². The van der Waals surface area contributed by atoms with E-state index in [-0.39, 0.29) is 6.42 Å². The molecule has 8 heteroatoms. The van der Waals surface area contributed by atoms with Gasteiger partial charge < -0.3 is 26.0 Å². The minimum Gasteiger partial charge on any atom is -0.381 e. The SMILES string of the molecule is NC(=O)Cc1cnc(Nc2ccc(N3CCOCC3)nc2)cc1NCc1ccccc1. The molecular weight excluding hydrogens is 392 g/mol. The van der Waals surface area contributed by atoms with Gasteiger partial charge in [0, 0.05) is 43.1 Å². The smallest absolute Gasteiger partial charge is 0.221 e. The fraction of sp³-hybridized carbons (Fsp3) is 0.261. The second-order valence-corrected chi connectivity index (χ2v) is 7.34. The third-order valence-corrected chi connectivity index (χ3v) is 5.03. The Labute approximate surface area is 181 Å². The highest BCUT2D eigenvalue weighted by Crippen LogP contribution is 2.23. The Morgan fingerprint density at radius 1 is 1.06 bits per heavy atom. The van der Waals surface area contributed by atoms with Gasteiger partial charge in [-0.2, -0.15) is 0 Å². The molecule has 0 saturated carbocycles. The number of carbonyl (C=O) groups excluding carboxylic acids is 1. The number of carbonyl (C=O) groups is 1. The molecule has 0 unspecified atom stereocenters. The van der Waals surface area contributed by atoms with Gasteiger partial charge >= 0.3 is 0 Å². The number of ether oxygens (including phenoxy) is 1. The van der Waals surface area contributed by atoms with Gasteiger partial charge in [-0.05, 0) is 17.7 Å². The van der Waals surface area contributed by atoms with Crippen LogP contribution in [-0.2, 0) is 22.5 Å². The first-order valence-electron chi connectivity index (χ1n) is 10.3. The molecule has 1 fully saturated rings. The zero-order valence-corrected chi connectivity index (χ0v) is 17.3. The fourth-order valence-corrected chi connectivity index (χ4v) is 3.43. The van der Waals surface area contributed by atoms with Crippen molar-refractivity contribution in [2.24, 2.45) is 5.73 Å². The maximum Gasteiger partial charge on any atom is 0.221 e. The highest BCUT2D eigenvalue weighted by atomic mass is 16.5. The predicted molar refractivity (Wildman–Crippen MR) is 121 cm³/mol. The summed E-state index contributed by atoms with van der Waals surface area (Å²) in [6, 6.07) is 15.9. The zero-order chi connectivity index (χ0) is 21.5. The molecule has 4 rings (SSSR count). The molecule has 1 aromatic carbocycles. The molecular formula is C23H26N6O2. The number of rotatable bonds is 8. The average molecular weight is 419 g/mol. The second-order valence-electron chi connectivity index (χ2n) is 7.34. The summed E-state index contributed by atoms with van der Waals surface area (Å²) in [6.07, 6.45) is 3.59. The first-order chi connectivity index (χ1) is 15.2. The third-order valence-electron chi connectivity index (χ3n) is 5.03. The van der Waals surface area contributed by atoms with Crippen LogP contribution in [0.2, 0.25) is 0 Å². The molecule has 4 N–H and O–H groups in total. The predicted octanol–water partition coefficient (Wildman–Crippen LogP) is 2.70. The number of primary amides is 1. The number of hydrogen-bond donors (Lipinski definition) is 3. The number of hydrogen-bond acceptors (Lipinski definition) is 7. The second kappa shape index (κ2) is 9.90. The lowest BCUT2D eigenvalue weighted by Gasteiger charge is -2.27. The van der Waals surface area contributed by atoms with Crippen molar-refractivity contribution in [3.63, 3.8) is 0 Å². The van der Waals surface area contributed by atoms with Crippen LogP contribution in [0.3, 0.4) is 0 Å². The molecule has 0 atom stereocenters. The van der Waals surface area contributed by atoms with Gasteiger partial charge in [0.15, 0.2) is 0 Å². The molecule has 31 heavy (non-hydrogen) atoms. The molecule has 0 aliphatic carbocycles. The molecule has 1 aliphatic rings. The van der Waals surface area contributed by atoms with Gasteiger partial charge in [-0.3, -0.25) is 4.79 Å². The van der Waals surface area contributed by atoms with Crippen molar-refractivity contribution in [3.8, 4) is 0 Å². The lowest BCUT2D eigenvalue weighted by atomic mass is 10.1. The van der Waals surface area contributed by atoms with Crippen molar-refractivity contribution in [2.45, 2.75) is 13.0 Å². The van der Waals surface area contributed by atoms with Crippen LogP contribution in [0.25, 0.3) is 0 Å². The summed E-state index contributed by atoms with van der Waals surface area (Å²) in [5.41, 5.74) is 8.96. The van der Waals surface area contributed by atoms with E-state index >= 15 is 0 Å². The van der Waals surface area contributed by atoms with E-state index in [0.29, 0.717) is 12.4 Å². The summed E-state index contributed by atoms with van der Waals surface area (Å²) in [6.45, 7) is 3.77. The largest absolute Gasteiger partial charge is 0.381 e. The Morgan fingerprint density at radius 2 is 1.87 bits per heavy atom. The number of amides is 1. The van der Waals surface area contributed by atoms with E-state index in [0.717, 1.165) is 54.6 Å². The highest BCUT2D eigenvalue weighted by Gasteiger charge is 2.13. The Morgan fingerprint density at radius 3 is 2.58 bits per heavy atom. The molecule has 8 nitrogen and oxygen atoms in total. The van der Waals surface area contributed by atoms with E-state index in [4.69, 9.17) is 10.5 Å². The van der Waals surface area contributed by atoms with Crippen LogP contribution in [0.15, 0.2) is 60.9 Å². The average Bonchev–Trinajstić information content (AvgIpc) is 2.80. The summed E-state index contributed by atoms with van der Waals surface area (Å²) in [5.74, 6) is 1.20. The van der Waals surface area contributed by atoms with Crippen molar-refractivity contribution in [3.05, 3.63) is 72.1 Å². The normalized spacial score (nSPS) is 13.6. The monoisotopic (exact) mass is 418 g/mol. The minimum absolute atomic E-state index is 0.125. The van der Waals surface area contributed by atoms with Gasteiger partial charge in [0.05, 0.1) is 31.5 Å². The standard InChI is InChI=1S/C23H26N6O2/c24-21(30)12-18-15-26-22(13-20(18)25-14-17-4-2-1-3-5-17)28-19-6-7-23(27-16-19)29-8-10-31-11-9-29/h1-7,13,15-16H,8-12,14H2,(H2,24,30)(H2,25,26,28). The highest BCUT2D eigenvalue weighted by molar-refractivity contribution is 5.79. The molecule has 160 valence electrons. The van der Waals surface area contributed by atoms with Crippen LogP contribution in [0, 0.1) is 0 Å². The summed E-state index contributed by atoms with van der Waals surface area (Å²) >= 11 is 0. The number of morpholine rings is 1. The number of nitrogens with zero attached hydrogens (tertiary/aromatic N) is 3. The lowest BCUT2D eigenvalue weighted by Crippen LogP contribution is -2.36. The quantitative estimate of drug-likeness (QED) is 0.516. The summed E-state index contributed by atoms with van der Waals surface area (Å²) < 4.78 is 5.39. The molecule has 3 aromatic rings. The van der Waals surface area contributed by atoms with Crippen LogP contribution >= 0.6 is 0 Å². The Kier molecular flexibility index (Phi) is 6.59. The number of benzene rings is 1. The lowest BCUT2D eigenvalue weighted by molar-refractivity contribution is -0.117. The number of anilines is 4. The van der Waals surface area contributed by atoms with Crippen LogP contribution in [0.1, 0.15) is 11.1 Å². The number of aromatic nitrogens is 2. The van der Waals surface area contributed by atoms with E-state index in [1.54, 1.807) is 12.4 Å². The molecule has 2 aromatic heterocycles. The summed E-state index contributed by atoms with van der Waals surface area (Å²) in [5, 5.41) is 6.67. The first-order valence-corrected chi connectivity index (χ1v) is 10.3. The van der Waals surface area contributed by atoms with Crippen molar-refractivity contribution in [1.82, 2.24) is 9.97 Å². The molecule has 0 spiro atoms. The van der Waals surface area contributed by atoms with Gasteiger partial charge in [0.2, 0.25) is 5.91 Å². The fourth-order valence-electron chi connectivity index (χ4n) is 3.43. The molecule has 0 radical (unpaired) electrons. The van der Waals surface area contributed by atoms with E-state index in [2.05, 4.69) is 25.5 Å². The maximum atomic E-state index is 11.5. The summed E-state index contributed by atoms with van der Waals surface area (Å²) in [7, 11) is 0. The molecule has 0 bridgehead atoms. The Balaban J connectivity index is 1.47. The Bertz CT molecular complexity index is 1000. The molecule has 1 amide bonds. The topological polar surface area (TPSA) is 105 Å². The summed E-state index contributed by atoms with van der Waals surface area (Å²) in [4.78, 5) is 22.7. The van der Waals surface area contributed by atoms with Gasteiger partial charge in [-0.15, -0.1) is 0 Å². The van der Waals surface area contributed by atoms with Gasteiger partial charge in [-0.1, -0.05) is 30.3 Å². The van der Waals surface area contributed by atoms with E-state index in [9.17, 15) is 4.79 Å². The van der Waals surface area contributed by atoms with Crippen LogP contribution < -0.4 is 21.3 Å². The van der Waals surface area contributed by atoms with Crippen LogP contribution in [0.5, 0.6) is 0 Å². The number of nitrogens with one attached hydrogen (secondary N) is 2. The Hall–Kier alpha value is -3.65. The molecule has 1 aliphatic heterocycles. The van der Waals surface area contributed by atoms with Crippen LogP contribution in [-0.4, -0.2) is 42.2 Å². The van der Waals surface area contributed by atoms with Gasteiger partial charge in [0.25, 0.3) is 0 Å². The van der Waals surface area contributed by atoms with Gasteiger partial charge in [0.1, 0.15) is 11.6 Å². The zero-order valence-electron chi connectivity index (χ0n) is 17.3. The number of pyridine rings is 2. The third kappa shape index (κ3) is 5.70. The van der Waals surface area contributed by atoms with Crippen molar-refractivity contribution in [2.75, 3.05) is 41.8 Å².